The number of rotatable bonds is 6. The summed E-state index contributed by atoms with van der Waals surface area (Å²) in [5.41, 5.74) is 2.48. The molecule has 0 aliphatic heterocycles. The summed E-state index contributed by atoms with van der Waals surface area (Å²) in [7, 11) is 2.40. The Morgan fingerprint density at radius 2 is 1.62 bits per heavy atom. The fourth-order valence-electron chi connectivity index (χ4n) is 2.65. The lowest BCUT2D eigenvalue weighted by Gasteiger charge is -2.09. The van der Waals surface area contributed by atoms with E-state index in [-0.39, 0.29) is 15.4 Å². The number of benzene rings is 1. The van der Waals surface area contributed by atoms with Crippen molar-refractivity contribution in [3.8, 4) is 0 Å². The fourth-order valence-corrected chi connectivity index (χ4v) is 3.78. The number of anilines is 1. The summed E-state index contributed by atoms with van der Waals surface area (Å²) in [5.74, 6) is -2.65. The molecule has 1 amide bonds. The van der Waals surface area contributed by atoms with Gasteiger partial charge in [-0.2, -0.15) is 0 Å². The summed E-state index contributed by atoms with van der Waals surface area (Å²) in [6.07, 6.45) is 0. The van der Waals surface area contributed by atoms with Gasteiger partial charge in [0, 0.05) is 0 Å². The van der Waals surface area contributed by atoms with Crippen molar-refractivity contribution in [2.45, 2.75) is 20.8 Å². The lowest BCUT2D eigenvalue weighted by Crippen LogP contribution is -2.22. The highest BCUT2D eigenvalue weighted by molar-refractivity contribution is 7.18. The van der Waals surface area contributed by atoms with Crippen LogP contribution in [-0.2, 0) is 19.0 Å². The molecule has 8 nitrogen and oxygen atoms in total. The van der Waals surface area contributed by atoms with E-state index >= 15 is 0 Å². The highest BCUT2D eigenvalue weighted by atomic mass is 32.1. The molecule has 2 rings (SSSR count). The van der Waals surface area contributed by atoms with Crippen molar-refractivity contribution in [2.24, 2.45) is 0 Å². The van der Waals surface area contributed by atoms with Crippen molar-refractivity contribution >= 4 is 40.2 Å². The molecule has 0 saturated carbocycles. The van der Waals surface area contributed by atoms with Gasteiger partial charge in [-0.15, -0.1) is 11.3 Å². The molecule has 1 heterocycles. The number of ether oxygens (including phenoxy) is 3. The molecule has 154 valence electrons. The van der Waals surface area contributed by atoms with Crippen LogP contribution in [0.3, 0.4) is 0 Å². The summed E-state index contributed by atoms with van der Waals surface area (Å²) >= 11 is 0.878. The Kier molecular flexibility index (Phi) is 7.11. The summed E-state index contributed by atoms with van der Waals surface area (Å²) in [5, 5.41) is 2.60. The Balaban J connectivity index is 2.14. The van der Waals surface area contributed by atoms with Gasteiger partial charge in [0.1, 0.15) is 9.88 Å². The van der Waals surface area contributed by atoms with Gasteiger partial charge in [0.15, 0.2) is 6.61 Å². The molecule has 0 aliphatic carbocycles. The summed E-state index contributed by atoms with van der Waals surface area (Å²) in [6.45, 7) is 4.66. The molecule has 0 atom stereocenters. The molecule has 0 fully saturated rings. The minimum Gasteiger partial charge on any atom is -0.465 e. The number of esters is 3. The Labute approximate surface area is 171 Å². The second-order valence-electron chi connectivity index (χ2n) is 6.19. The highest BCUT2D eigenvalue weighted by Crippen LogP contribution is 2.34. The molecule has 0 saturated heterocycles. The first kappa shape index (κ1) is 22.1. The normalized spacial score (nSPS) is 10.2. The molecule has 0 unspecified atom stereocenters. The molecule has 2 aromatic rings. The topological polar surface area (TPSA) is 108 Å². The number of nitrogens with one attached hydrogen (secondary N) is 1. The van der Waals surface area contributed by atoms with E-state index in [1.807, 2.05) is 13.0 Å². The van der Waals surface area contributed by atoms with Gasteiger partial charge < -0.3 is 19.5 Å². The average Bonchev–Trinajstić information content (AvgIpc) is 3.00. The number of hydrogen-bond acceptors (Lipinski definition) is 8. The zero-order chi connectivity index (χ0) is 21.7. The monoisotopic (exact) mass is 419 g/mol. The lowest BCUT2D eigenvalue weighted by atomic mass is 10.1. The van der Waals surface area contributed by atoms with Crippen molar-refractivity contribution < 1.29 is 33.4 Å². The van der Waals surface area contributed by atoms with Crippen molar-refractivity contribution in [1.82, 2.24) is 0 Å². The van der Waals surface area contributed by atoms with E-state index in [9.17, 15) is 19.2 Å². The Morgan fingerprint density at radius 1 is 0.966 bits per heavy atom. The molecule has 0 radical (unpaired) electrons. The number of thiophene rings is 1. The first-order valence-corrected chi connectivity index (χ1v) is 9.35. The number of hydrogen-bond donors (Lipinski definition) is 1. The van der Waals surface area contributed by atoms with Crippen molar-refractivity contribution in [2.75, 3.05) is 26.1 Å². The minimum atomic E-state index is -0.712. The smallest absolute Gasteiger partial charge is 0.348 e. The largest absolute Gasteiger partial charge is 0.465 e. The molecule has 0 spiro atoms. The molecule has 0 aliphatic rings. The standard InChI is InChI=1S/C20H21NO7S/c1-10-6-7-13(11(2)8-10)18(23)28-9-14(22)21-17-15(19(24)26-4)12(3)16(29-17)20(25)27-5/h6-8H,9H2,1-5H3,(H,21,22). The first-order chi connectivity index (χ1) is 13.7. The van der Waals surface area contributed by atoms with E-state index in [1.165, 1.54) is 14.2 Å². The molecule has 1 N–H and O–H groups in total. The van der Waals surface area contributed by atoms with E-state index < -0.39 is 30.4 Å². The SMILES string of the molecule is COC(=O)c1sc(NC(=O)COC(=O)c2ccc(C)cc2C)c(C(=O)OC)c1C. The van der Waals surface area contributed by atoms with Crippen LogP contribution in [0.15, 0.2) is 18.2 Å². The molecule has 29 heavy (non-hydrogen) atoms. The van der Waals surface area contributed by atoms with E-state index in [1.54, 1.807) is 26.0 Å². The highest BCUT2D eigenvalue weighted by Gasteiger charge is 2.27. The predicted molar refractivity (Wildman–Crippen MR) is 107 cm³/mol. The quantitative estimate of drug-likeness (QED) is 0.566. The Hall–Kier alpha value is -3.20. The number of aryl methyl sites for hydroxylation is 2. The Morgan fingerprint density at radius 3 is 2.21 bits per heavy atom. The van der Waals surface area contributed by atoms with Crippen LogP contribution in [0.25, 0.3) is 0 Å². The van der Waals surface area contributed by atoms with Gasteiger partial charge in [0.2, 0.25) is 0 Å². The lowest BCUT2D eigenvalue weighted by molar-refractivity contribution is -0.119. The van der Waals surface area contributed by atoms with Gasteiger partial charge in [0.25, 0.3) is 5.91 Å². The van der Waals surface area contributed by atoms with E-state index in [0.29, 0.717) is 11.1 Å². The first-order valence-electron chi connectivity index (χ1n) is 8.53. The third-order valence-corrected chi connectivity index (χ3v) is 5.28. The van der Waals surface area contributed by atoms with Crippen LogP contribution in [0.5, 0.6) is 0 Å². The van der Waals surface area contributed by atoms with Crippen molar-refractivity contribution in [3.05, 3.63) is 50.9 Å². The molecular formula is C20H21NO7S. The molecule has 1 aromatic heterocycles. The number of carbonyl (C=O) groups is 4. The van der Waals surface area contributed by atoms with Crippen LogP contribution in [0.1, 0.15) is 47.1 Å². The number of carbonyl (C=O) groups excluding carboxylic acids is 4. The van der Waals surface area contributed by atoms with Gasteiger partial charge in [-0.1, -0.05) is 17.7 Å². The average molecular weight is 419 g/mol. The van der Waals surface area contributed by atoms with E-state index in [2.05, 4.69) is 10.1 Å². The summed E-state index contributed by atoms with van der Waals surface area (Å²) in [6, 6.07) is 5.24. The maximum Gasteiger partial charge on any atom is 0.348 e. The summed E-state index contributed by atoms with van der Waals surface area (Å²) < 4.78 is 14.5. The molecule has 9 heteroatoms. The number of methoxy groups -OCH3 is 2. The zero-order valence-corrected chi connectivity index (χ0v) is 17.5. The fraction of sp³-hybridized carbons (Fsp3) is 0.300. The van der Waals surface area contributed by atoms with E-state index in [4.69, 9.17) is 9.47 Å². The van der Waals surface area contributed by atoms with Crippen molar-refractivity contribution in [3.63, 3.8) is 0 Å². The van der Waals surface area contributed by atoms with Gasteiger partial charge in [-0.05, 0) is 38.0 Å². The molecular weight excluding hydrogens is 398 g/mol. The van der Waals surface area contributed by atoms with Gasteiger partial charge in [0.05, 0.1) is 25.3 Å². The third-order valence-electron chi connectivity index (χ3n) is 4.10. The third kappa shape index (κ3) is 5.00. The summed E-state index contributed by atoms with van der Waals surface area (Å²) in [4.78, 5) is 48.6. The zero-order valence-electron chi connectivity index (χ0n) is 16.7. The van der Waals surface area contributed by atoms with Crippen LogP contribution in [0.4, 0.5) is 5.00 Å². The molecule has 1 aromatic carbocycles. The van der Waals surface area contributed by atoms with Crippen LogP contribution in [0, 0.1) is 20.8 Å². The maximum atomic E-state index is 12.3. The van der Waals surface area contributed by atoms with E-state index in [0.717, 1.165) is 22.5 Å². The van der Waals surface area contributed by atoms with Crippen molar-refractivity contribution in [1.29, 1.82) is 0 Å². The van der Waals surface area contributed by atoms with Gasteiger partial charge in [-0.25, -0.2) is 14.4 Å². The predicted octanol–water partition coefficient (Wildman–Crippen LogP) is 3.04. The van der Waals surface area contributed by atoms with Gasteiger partial charge >= 0.3 is 17.9 Å². The second kappa shape index (κ2) is 9.33. The van der Waals surface area contributed by atoms with Crippen LogP contribution < -0.4 is 5.32 Å². The molecule has 0 bridgehead atoms. The minimum absolute atomic E-state index is 0.0481. The Bertz CT molecular complexity index is 977. The second-order valence-corrected chi connectivity index (χ2v) is 7.21. The van der Waals surface area contributed by atoms with Crippen LogP contribution in [-0.4, -0.2) is 44.6 Å². The van der Waals surface area contributed by atoms with Crippen LogP contribution in [0.2, 0.25) is 0 Å². The number of amides is 1. The maximum absolute atomic E-state index is 12.3. The van der Waals surface area contributed by atoms with Crippen LogP contribution >= 0.6 is 11.3 Å². The van der Waals surface area contributed by atoms with Gasteiger partial charge in [-0.3, -0.25) is 4.79 Å².